The molecule has 0 heterocycles. The predicted octanol–water partition coefficient (Wildman–Crippen LogP) is 2.58. The first-order valence-corrected chi connectivity index (χ1v) is 6.60. The zero-order valence-electron chi connectivity index (χ0n) is 12.3. The smallest absolute Gasteiger partial charge is 0.161 e. The SMILES string of the molecule is COCCN(CC(C)C)c1ccc(N)c(C(C)=O)c1. The number of benzene rings is 1. The quantitative estimate of drug-likeness (QED) is 0.607. The van der Waals surface area contributed by atoms with Crippen LogP contribution in [0.3, 0.4) is 0 Å². The van der Waals surface area contributed by atoms with Gasteiger partial charge >= 0.3 is 0 Å². The average Bonchev–Trinajstić information content (AvgIpc) is 2.34. The van der Waals surface area contributed by atoms with Crippen LogP contribution in [0.2, 0.25) is 0 Å². The number of Topliss-reactive ketones (excluding diaryl/α,β-unsaturated/α-hetero) is 1. The number of nitrogens with two attached hydrogens (primary N) is 1. The van der Waals surface area contributed by atoms with Gasteiger partial charge in [0, 0.05) is 37.1 Å². The van der Waals surface area contributed by atoms with Gasteiger partial charge in [0.15, 0.2) is 5.78 Å². The number of nitrogens with zero attached hydrogens (tertiary/aromatic N) is 1. The maximum absolute atomic E-state index is 11.6. The second kappa shape index (κ2) is 7.14. The summed E-state index contributed by atoms with van der Waals surface area (Å²) in [7, 11) is 1.69. The number of rotatable bonds is 7. The summed E-state index contributed by atoms with van der Waals surface area (Å²) in [6, 6.07) is 5.63. The summed E-state index contributed by atoms with van der Waals surface area (Å²) >= 11 is 0. The summed E-state index contributed by atoms with van der Waals surface area (Å²) in [4.78, 5) is 13.8. The number of ether oxygens (including phenoxy) is 1. The summed E-state index contributed by atoms with van der Waals surface area (Å²) in [5.41, 5.74) is 7.97. The van der Waals surface area contributed by atoms with E-state index in [0.29, 0.717) is 23.8 Å². The highest BCUT2D eigenvalue weighted by Crippen LogP contribution is 2.22. The molecule has 0 aliphatic rings. The van der Waals surface area contributed by atoms with Gasteiger partial charge in [0.05, 0.1) is 6.61 Å². The largest absolute Gasteiger partial charge is 0.398 e. The first-order valence-electron chi connectivity index (χ1n) is 6.60. The Balaban J connectivity index is 3.00. The minimum absolute atomic E-state index is 0.00408. The average molecular weight is 264 g/mol. The first kappa shape index (κ1) is 15.5. The lowest BCUT2D eigenvalue weighted by Gasteiger charge is -2.27. The molecule has 0 spiro atoms. The van der Waals surface area contributed by atoms with Crippen LogP contribution in [0.4, 0.5) is 11.4 Å². The van der Waals surface area contributed by atoms with Gasteiger partial charge in [-0.25, -0.2) is 0 Å². The molecular weight excluding hydrogens is 240 g/mol. The lowest BCUT2D eigenvalue weighted by molar-refractivity contribution is 0.101. The van der Waals surface area contributed by atoms with E-state index in [-0.39, 0.29) is 5.78 Å². The Kier molecular flexibility index (Phi) is 5.83. The zero-order valence-corrected chi connectivity index (χ0v) is 12.3. The Labute approximate surface area is 115 Å². The maximum atomic E-state index is 11.6. The van der Waals surface area contributed by atoms with Crippen molar-refractivity contribution >= 4 is 17.2 Å². The van der Waals surface area contributed by atoms with Crippen molar-refractivity contribution in [2.24, 2.45) is 5.92 Å². The van der Waals surface area contributed by atoms with Crippen LogP contribution in [0, 0.1) is 5.92 Å². The van der Waals surface area contributed by atoms with E-state index in [1.807, 2.05) is 12.1 Å². The Bertz CT molecular complexity index is 430. The summed E-state index contributed by atoms with van der Waals surface area (Å²) in [5.74, 6) is 0.533. The van der Waals surface area contributed by atoms with E-state index < -0.39 is 0 Å². The lowest BCUT2D eigenvalue weighted by atomic mass is 10.1. The molecule has 4 heteroatoms. The fourth-order valence-electron chi connectivity index (χ4n) is 2.01. The number of carbonyl (C=O) groups excluding carboxylic acids is 1. The van der Waals surface area contributed by atoms with Gasteiger partial charge in [-0.05, 0) is 31.0 Å². The van der Waals surface area contributed by atoms with Crippen LogP contribution in [0.5, 0.6) is 0 Å². The van der Waals surface area contributed by atoms with Crippen LogP contribution < -0.4 is 10.6 Å². The third kappa shape index (κ3) is 4.56. The van der Waals surface area contributed by atoms with E-state index in [1.54, 1.807) is 13.2 Å². The molecule has 0 radical (unpaired) electrons. The van der Waals surface area contributed by atoms with Crippen LogP contribution in [0.25, 0.3) is 0 Å². The van der Waals surface area contributed by atoms with Gasteiger partial charge in [0.1, 0.15) is 0 Å². The van der Waals surface area contributed by atoms with Crippen LogP contribution in [0.1, 0.15) is 31.1 Å². The van der Waals surface area contributed by atoms with E-state index in [1.165, 1.54) is 6.92 Å². The maximum Gasteiger partial charge on any atom is 0.161 e. The van der Waals surface area contributed by atoms with Crippen molar-refractivity contribution in [1.29, 1.82) is 0 Å². The number of nitrogen functional groups attached to an aromatic ring is 1. The van der Waals surface area contributed by atoms with Gasteiger partial charge in [-0.1, -0.05) is 13.8 Å². The van der Waals surface area contributed by atoms with E-state index in [0.717, 1.165) is 18.8 Å². The normalized spacial score (nSPS) is 10.8. The van der Waals surface area contributed by atoms with Gasteiger partial charge in [-0.2, -0.15) is 0 Å². The lowest BCUT2D eigenvalue weighted by Crippen LogP contribution is -2.31. The second-order valence-electron chi connectivity index (χ2n) is 5.16. The molecule has 1 rings (SSSR count). The van der Waals surface area contributed by atoms with Crippen molar-refractivity contribution in [3.05, 3.63) is 23.8 Å². The highest BCUT2D eigenvalue weighted by molar-refractivity contribution is 6.00. The molecule has 0 amide bonds. The predicted molar refractivity (Wildman–Crippen MR) is 79.8 cm³/mol. The Morgan fingerprint density at radius 3 is 2.63 bits per heavy atom. The molecule has 0 saturated heterocycles. The summed E-state index contributed by atoms with van der Waals surface area (Å²) < 4.78 is 5.14. The van der Waals surface area contributed by atoms with Crippen molar-refractivity contribution < 1.29 is 9.53 Å². The molecule has 2 N–H and O–H groups in total. The first-order chi connectivity index (χ1) is 8.95. The molecule has 0 aliphatic carbocycles. The van der Waals surface area contributed by atoms with Crippen LogP contribution >= 0.6 is 0 Å². The van der Waals surface area contributed by atoms with Crippen molar-refractivity contribution in [3.8, 4) is 0 Å². The highest BCUT2D eigenvalue weighted by Gasteiger charge is 2.12. The monoisotopic (exact) mass is 264 g/mol. The Hall–Kier alpha value is -1.55. The summed E-state index contributed by atoms with van der Waals surface area (Å²) in [6.07, 6.45) is 0. The van der Waals surface area contributed by atoms with Crippen LogP contribution in [0.15, 0.2) is 18.2 Å². The molecular formula is C15H24N2O2. The number of ketones is 1. The second-order valence-corrected chi connectivity index (χ2v) is 5.16. The minimum Gasteiger partial charge on any atom is -0.398 e. The molecule has 106 valence electrons. The molecule has 4 nitrogen and oxygen atoms in total. The van der Waals surface area contributed by atoms with Crippen molar-refractivity contribution in [2.75, 3.05) is 37.4 Å². The highest BCUT2D eigenvalue weighted by atomic mass is 16.5. The zero-order chi connectivity index (χ0) is 14.4. The number of hydrogen-bond acceptors (Lipinski definition) is 4. The van der Waals surface area contributed by atoms with E-state index >= 15 is 0 Å². The third-order valence-corrected chi connectivity index (χ3v) is 2.93. The van der Waals surface area contributed by atoms with E-state index in [2.05, 4.69) is 18.7 Å². The Morgan fingerprint density at radius 1 is 1.42 bits per heavy atom. The summed E-state index contributed by atoms with van der Waals surface area (Å²) in [6.45, 7) is 8.26. The van der Waals surface area contributed by atoms with Crippen molar-refractivity contribution in [2.45, 2.75) is 20.8 Å². The molecule has 0 aliphatic heterocycles. The standard InChI is InChI=1S/C15H24N2O2/c1-11(2)10-17(7-8-19-4)13-5-6-15(16)14(9-13)12(3)18/h5-6,9,11H,7-8,10,16H2,1-4H3. The topological polar surface area (TPSA) is 55.6 Å². The Morgan fingerprint density at radius 2 is 2.11 bits per heavy atom. The third-order valence-electron chi connectivity index (χ3n) is 2.93. The number of anilines is 2. The fourth-order valence-corrected chi connectivity index (χ4v) is 2.01. The van der Waals surface area contributed by atoms with Gasteiger partial charge in [0.2, 0.25) is 0 Å². The fraction of sp³-hybridized carbons (Fsp3) is 0.533. The molecule has 0 atom stereocenters. The molecule has 0 bridgehead atoms. The van der Waals surface area contributed by atoms with E-state index in [4.69, 9.17) is 10.5 Å². The molecule has 19 heavy (non-hydrogen) atoms. The van der Waals surface area contributed by atoms with Crippen molar-refractivity contribution in [1.82, 2.24) is 0 Å². The number of methoxy groups -OCH3 is 1. The van der Waals surface area contributed by atoms with Crippen LogP contribution in [-0.2, 0) is 4.74 Å². The molecule has 1 aromatic rings. The molecule has 1 aromatic carbocycles. The van der Waals surface area contributed by atoms with Crippen molar-refractivity contribution in [3.63, 3.8) is 0 Å². The van der Waals surface area contributed by atoms with E-state index in [9.17, 15) is 4.79 Å². The van der Waals surface area contributed by atoms with Gasteiger partial charge < -0.3 is 15.4 Å². The van der Waals surface area contributed by atoms with Gasteiger partial charge in [-0.3, -0.25) is 4.79 Å². The minimum atomic E-state index is -0.00408. The molecule has 0 unspecified atom stereocenters. The summed E-state index contributed by atoms with van der Waals surface area (Å²) in [5, 5.41) is 0. The van der Waals surface area contributed by atoms with Crippen LogP contribution in [-0.4, -0.2) is 32.6 Å². The molecule has 0 fully saturated rings. The van der Waals surface area contributed by atoms with Gasteiger partial charge in [0.25, 0.3) is 0 Å². The number of hydrogen-bond donors (Lipinski definition) is 1. The molecule has 0 saturated carbocycles. The molecule has 0 aromatic heterocycles. The number of carbonyl (C=O) groups is 1. The van der Waals surface area contributed by atoms with Gasteiger partial charge in [-0.15, -0.1) is 0 Å².